The lowest BCUT2D eigenvalue weighted by Gasteiger charge is -2.16. The topological polar surface area (TPSA) is 56.2 Å². The molecule has 0 atom stereocenters. The number of amides is 1. The van der Waals surface area contributed by atoms with E-state index in [0.717, 1.165) is 22.8 Å². The highest BCUT2D eigenvalue weighted by Crippen LogP contribution is 2.31. The van der Waals surface area contributed by atoms with E-state index in [1.807, 2.05) is 29.2 Å². The molecular formula is C22H20N4O2. The van der Waals surface area contributed by atoms with Crippen LogP contribution in [0.1, 0.15) is 32.9 Å². The molecule has 0 saturated carbocycles. The number of carbonyl (C=O) groups is 1. The maximum absolute atomic E-state index is 12.7. The summed E-state index contributed by atoms with van der Waals surface area (Å²) in [4.78, 5) is 14.5. The van der Waals surface area contributed by atoms with Gasteiger partial charge < -0.3 is 13.9 Å². The number of nitrogens with zero attached hydrogens (tertiary/aromatic N) is 4. The van der Waals surface area contributed by atoms with Crippen molar-refractivity contribution in [2.24, 2.45) is 0 Å². The summed E-state index contributed by atoms with van der Waals surface area (Å²) in [6.07, 6.45) is 5.53. The summed E-state index contributed by atoms with van der Waals surface area (Å²) in [5, 5.41) is 4.87. The molecule has 3 aromatic heterocycles. The van der Waals surface area contributed by atoms with Crippen molar-refractivity contribution in [3.05, 3.63) is 89.3 Å². The zero-order valence-corrected chi connectivity index (χ0v) is 15.8. The van der Waals surface area contributed by atoms with Gasteiger partial charge in [0.15, 0.2) is 5.76 Å². The van der Waals surface area contributed by atoms with Gasteiger partial charge in [-0.1, -0.05) is 6.07 Å². The van der Waals surface area contributed by atoms with Gasteiger partial charge in [0.05, 0.1) is 30.7 Å². The molecule has 6 nitrogen and oxygen atoms in total. The van der Waals surface area contributed by atoms with Crippen LogP contribution in [-0.4, -0.2) is 25.2 Å². The number of rotatable bonds is 3. The smallest absolute Gasteiger partial charge is 0.290 e. The molecule has 1 aliphatic rings. The van der Waals surface area contributed by atoms with Gasteiger partial charge in [-0.3, -0.25) is 4.79 Å². The van der Waals surface area contributed by atoms with E-state index in [1.54, 1.807) is 17.0 Å². The minimum atomic E-state index is -0.112. The first-order valence-electron chi connectivity index (χ1n) is 9.26. The molecule has 4 heterocycles. The number of carbonyl (C=O) groups excluding carboxylic acids is 1. The Balaban J connectivity index is 1.58. The van der Waals surface area contributed by atoms with Crippen molar-refractivity contribution < 1.29 is 9.21 Å². The largest absolute Gasteiger partial charge is 0.459 e. The van der Waals surface area contributed by atoms with Crippen LogP contribution in [0.5, 0.6) is 0 Å². The van der Waals surface area contributed by atoms with E-state index >= 15 is 0 Å². The van der Waals surface area contributed by atoms with Gasteiger partial charge in [-0.25, -0.2) is 4.68 Å². The van der Waals surface area contributed by atoms with Gasteiger partial charge in [0.25, 0.3) is 5.91 Å². The van der Waals surface area contributed by atoms with Crippen LogP contribution in [0.25, 0.3) is 11.5 Å². The molecule has 0 radical (unpaired) electrons. The fourth-order valence-corrected chi connectivity index (χ4v) is 3.68. The van der Waals surface area contributed by atoms with Gasteiger partial charge in [-0.15, -0.1) is 0 Å². The summed E-state index contributed by atoms with van der Waals surface area (Å²) in [7, 11) is 0. The highest BCUT2D eigenvalue weighted by molar-refractivity contribution is 5.91. The molecule has 0 unspecified atom stereocenters. The third kappa shape index (κ3) is 2.57. The fourth-order valence-electron chi connectivity index (χ4n) is 3.68. The average molecular weight is 372 g/mol. The maximum atomic E-state index is 12.7. The fraction of sp³-hybridized carbons (Fsp3) is 0.182. The van der Waals surface area contributed by atoms with Gasteiger partial charge >= 0.3 is 0 Å². The van der Waals surface area contributed by atoms with Crippen LogP contribution in [0.4, 0.5) is 0 Å². The maximum Gasteiger partial charge on any atom is 0.290 e. The van der Waals surface area contributed by atoms with E-state index in [0.29, 0.717) is 18.8 Å². The Labute approximate surface area is 162 Å². The summed E-state index contributed by atoms with van der Waals surface area (Å²) in [5.41, 5.74) is 5.48. The number of aromatic nitrogens is 3. The Morgan fingerprint density at radius 3 is 2.57 bits per heavy atom. The van der Waals surface area contributed by atoms with Crippen LogP contribution >= 0.6 is 0 Å². The predicted molar refractivity (Wildman–Crippen MR) is 105 cm³/mol. The number of hydrogen-bond donors (Lipinski definition) is 0. The van der Waals surface area contributed by atoms with Crippen LogP contribution < -0.4 is 0 Å². The molecule has 0 bridgehead atoms. The first-order valence-corrected chi connectivity index (χ1v) is 9.26. The molecular weight excluding hydrogens is 352 g/mol. The molecule has 4 aromatic rings. The zero-order chi connectivity index (χ0) is 19.3. The number of furan rings is 1. The van der Waals surface area contributed by atoms with E-state index < -0.39 is 0 Å². The number of hydrogen-bond acceptors (Lipinski definition) is 3. The first-order chi connectivity index (χ1) is 13.6. The van der Waals surface area contributed by atoms with Crippen molar-refractivity contribution in [2.45, 2.75) is 26.9 Å². The van der Waals surface area contributed by atoms with Crippen LogP contribution in [0.15, 0.2) is 65.5 Å². The van der Waals surface area contributed by atoms with E-state index in [1.165, 1.54) is 17.4 Å². The van der Waals surface area contributed by atoms with Gasteiger partial charge in [-0.05, 0) is 61.4 Å². The number of aryl methyl sites for hydroxylation is 2. The van der Waals surface area contributed by atoms with Crippen molar-refractivity contribution in [1.82, 2.24) is 19.2 Å². The minimum absolute atomic E-state index is 0.112. The third-order valence-electron chi connectivity index (χ3n) is 5.33. The normalized spacial score (nSPS) is 13.1. The van der Waals surface area contributed by atoms with Crippen LogP contribution in [-0.2, 0) is 13.1 Å². The van der Waals surface area contributed by atoms with E-state index in [-0.39, 0.29) is 5.91 Å². The minimum Gasteiger partial charge on any atom is -0.459 e. The molecule has 0 aliphatic carbocycles. The van der Waals surface area contributed by atoms with Crippen LogP contribution in [0, 0.1) is 13.8 Å². The number of benzene rings is 1. The van der Waals surface area contributed by atoms with Gasteiger partial charge in [-0.2, -0.15) is 5.10 Å². The third-order valence-corrected chi connectivity index (χ3v) is 5.33. The Kier molecular flexibility index (Phi) is 3.72. The second kappa shape index (κ2) is 6.27. The molecule has 1 aromatic carbocycles. The lowest BCUT2D eigenvalue weighted by atomic mass is 10.1. The molecule has 28 heavy (non-hydrogen) atoms. The molecule has 6 heteroatoms. The lowest BCUT2D eigenvalue weighted by molar-refractivity contribution is 0.0717. The van der Waals surface area contributed by atoms with Crippen LogP contribution in [0.2, 0.25) is 0 Å². The molecule has 1 amide bonds. The van der Waals surface area contributed by atoms with Crippen molar-refractivity contribution >= 4 is 5.91 Å². The van der Waals surface area contributed by atoms with Crippen molar-refractivity contribution in [2.75, 3.05) is 0 Å². The Bertz CT molecular complexity index is 1150. The van der Waals surface area contributed by atoms with Crippen LogP contribution in [0.3, 0.4) is 0 Å². The summed E-state index contributed by atoms with van der Waals surface area (Å²) in [6.45, 7) is 5.19. The first kappa shape index (κ1) is 16.6. The van der Waals surface area contributed by atoms with Crippen molar-refractivity contribution in [3.63, 3.8) is 0 Å². The summed E-state index contributed by atoms with van der Waals surface area (Å²) < 4.78 is 9.32. The highest BCUT2D eigenvalue weighted by atomic mass is 16.3. The molecule has 0 fully saturated rings. The standard InChI is InChI=1S/C22H20N4O2/c1-15-7-8-17(12-16(15)2)26-21(24-9-3-4-10-24)18-13-25(14-19(18)23-26)22(27)20-6-5-11-28-20/h3-12H,13-14H2,1-2H3. The Morgan fingerprint density at radius 1 is 1.04 bits per heavy atom. The monoisotopic (exact) mass is 372 g/mol. The molecule has 1 aliphatic heterocycles. The quantitative estimate of drug-likeness (QED) is 0.546. The predicted octanol–water partition coefficient (Wildman–Crippen LogP) is 4.03. The summed E-state index contributed by atoms with van der Waals surface area (Å²) >= 11 is 0. The van der Waals surface area contributed by atoms with E-state index in [2.05, 4.69) is 36.6 Å². The number of fused-ring (bicyclic) bond motifs is 1. The van der Waals surface area contributed by atoms with Gasteiger partial charge in [0, 0.05) is 18.0 Å². The highest BCUT2D eigenvalue weighted by Gasteiger charge is 2.32. The van der Waals surface area contributed by atoms with Gasteiger partial charge in [0.1, 0.15) is 5.82 Å². The van der Waals surface area contributed by atoms with Crippen molar-refractivity contribution in [3.8, 4) is 11.5 Å². The van der Waals surface area contributed by atoms with E-state index in [9.17, 15) is 4.79 Å². The van der Waals surface area contributed by atoms with Crippen molar-refractivity contribution in [1.29, 1.82) is 0 Å². The van der Waals surface area contributed by atoms with Gasteiger partial charge in [0.2, 0.25) is 0 Å². The Hall–Kier alpha value is -3.54. The summed E-state index contributed by atoms with van der Waals surface area (Å²) in [6, 6.07) is 13.8. The molecule has 140 valence electrons. The second-order valence-electron chi connectivity index (χ2n) is 7.16. The molecule has 0 N–H and O–H groups in total. The SMILES string of the molecule is Cc1ccc(-n2nc3c(c2-n2cccc2)CN(C(=O)c2ccco2)C3)cc1C. The average Bonchev–Trinajstić information content (AvgIpc) is 3.46. The second-order valence-corrected chi connectivity index (χ2v) is 7.16. The molecule has 0 spiro atoms. The molecule has 5 rings (SSSR count). The zero-order valence-electron chi connectivity index (χ0n) is 15.8. The van der Waals surface area contributed by atoms with E-state index in [4.69, 9.17) is 9.52 Å². The summed E-state index contributed by atoms with van der Waals surface area (Å²) in [5.74, 6) is 1.21. The lowest BCUT2D eigenvalue weighted by Crippen LogP contribution is -2.26. The molecule has 0 saturated heterocycles. The Morgan fingerprint density at radius 2 is 1.86 bits per heavy atom.